The highest BCUT2D eigenvalue weighted by atomic mass is 16.4. The molecule has 94 valence electrons. The molecule has 0 spiro atoms. The van der Waals surface area contributed by atoms with Crippen molar-refractivity contribution in [2.24, 2.45) is 15.3 Å². The van der Waals surface area contributed by atoms with Crippen LogP contribution in [-0.2, 0) is 6.42 Å². The number of carbonyl (C=O) groups is 1. The Hall–Kier alpha value is -2.60. The van der Waals surface area contributed by atoms with Crippen LogP contribution in [0.3, 0.4) is 0 Å². The molecule has 1 aromatic carbocycles. The lowest BCUT2D eigenvalue weighted by molar-refractivity contribution is -0.793. The molecule has 3 rings (SSSR count). The molecule has 0 fully saturated rings. The van der Waals surface area contributed by atoms with E-state index in [0.29, 0.717) is 17.8 Å². The fourth-order valence-electron chi connectivity index (χ4n) is 2.09. The van der Waals surface area contributed by atoms with Gasteiger partial charge in [-0.2, -0.15) is 0 Å². The second-order valence-corrected chi connectivity index (χ2v) is 4.21. The number of hydrogen-bond donors (Lipinski definition) is 0. The summed E-state index contributed by atoms with van der Waals surface area (Å²) >= 11 is 0. The monoisotopic (exact) mass is 254 g/mol. The zero-order valence-corrected chi connectivity index (χ0v) is 9.93. The Labute approximate surface area is 109 Å². The van der Waals surface area contributed by atoms with Crippen LogP contribution in [0.4, 0.5) is 4.79 Å². The minimum atomic E-state index is -1.34. The second kappa shape index (κ2) is 4.25. The van der Waals surface area contributed by atoms with E-state index in [1.54, 1.807) is 0 Å². The van der Waals surface area contributed by atoms with Crippen LogP contribution in [0.1, 0.15) is 5.56 Å². The van der Waals surface area contributed by atoms with Crippen LogP contribution >= 0.6 is 0 Å². The van der Waals surface area contributed by atoms with Gasteiger partial charge >= 0.3 is 0 Å². The van der Waals surface area contributed by atoms with Crippen LogP contribution < -0.4 is 5.11 Å². The zero-order chi connectivity index (χ0) is 13.3. The molecule has 0 bridgehead atoms. The molecule has 0 N–H and O–H groups in total. The summed E-state index contributed by atoms with van der Waals surface area (Å²) in [4.78, 5) is 15.6. The number of rotatable bonds is 2. The molecule has 2 heterocycles. The first kappa shape index (κ1) is 11.5. The molecule has 1 unspecified atom stereocenters. The molecule has 0 saturated carbocycles. The summed E-state index contributed by atoms with van der Waals surface area (Å²) < 4.78 is -0.758. The molecule has 0 aliphatic carbocycles. The highest BCUT2D eigenvalue weighted by Gasteiger charge is 2.43. The van der Waals surface area contributed by atoms with Gasteiger partial charge in [0, 0.05) is 11.6 Å². The summed E-state index contributed by atoms with van der Waals surface area (Å²) in [6, 6.07) is 9.68. The molecule has 1 amide bonds. The number of aliphatic imine (C=N–C) groups is 1. The van der Waals surface area contributed by atoms with Gasteiger partial charge in [0.15, 0.2) is 6.20 Å². The number of nitrogens with zero attached hydrogens (tertiary/aromatic N) is 4. The van der Waals surface area contributed by atoms with Gasteiger partial charge in [-0.3, -0.25) is 0 Å². The van der Waals surface area contributed by atoms with Crippen LogP contribution in [-0.4, -0.2) is 16.4 Å². The molecular weight excluding hydrogens is 244 g/mol. The summed E-state index contributed by atoms with van der Waals surface area (Å²) in [6.45, 7) is 0. The Bertz CT molecular complexity index is 646. The number of amides is 1. The van der Waals surface area contributed by atoms with E-state index >= 15 is 0 Å². The van der Waals surface area contributed by atoms with Crippen molar-refractivity contribution >= 4 is 11.8 Å². The molecule has 6 heteroatoms. The lowest BCUT2D eigenvalue weighted by atomic mass is 10.1. The van der Waals surface area contributed by atoms with Crippen molar-refractivity contribution in [1.29, 1.82) is 0 Å². The van der Waals surface area contributed by atoms with Gasteiger partial charge < -0.3 is 9.90 Å². The standard InChI is InChI=1S/C13H10N4O2/c18-13(19)17-7-6-14-11(12(17)9-15-16-17)8-10-4-2-1-3-5-10/h1-7,9H,8H2. The van der Waals surface area contributed by atoms with E-state index in [0.717, 1.165) is 5.56 Å². The lowest BCUT2D eigenvalue weighted by Crippen LogP contribution is -2.51. The Morgan fingerprint density at radius 2 is 2.05 bits per heavy atom. The van der Waals surface area contributed by atoms with Crippen LogP contribution in [0.25, 0.3) is 0 Å². The van der Waals surface area contributed by atoms with Gasteiger partial charge in [-0.15, -0.1) is 5.11 Å². The Morgan fingerprint density at radius 3 is 2.79 bits per heavy atom. The maximum Gasteiger partial charge on any atom is 0.297 e. The van der Waals surface area contributed by atoms with E-state index in [1.165, 1.54) is 18.6 Å². The predicted molar refractivity (Wildman–Crippen MR) is 65.3 cm³/mol. The first-order chi connectivity index (χ1) is 9.22. The molecule has 2 aliphatic rings. The van der Waals surface area contributed by atoms with Gasteiger partial charge in [-0.05, 0) is 5.56 Å². The van der Waals surface area contributed by atoms with Crippen molar-refractivity contribution in [3.8, 4) is 0 Å². The lowest BCUT2D eigenvalue weighted by Gasteiger charge is -2.26. The van der Waals surface area contributed by atoms with E-state index in [1.807, 2.05) is 30.3 Å². The number of benzene rings is 1. The normalized spacial score (nSPS) is 23.8. The van der Waals surface area contributed by atoms with Crippen LogP contribution in [0.5, 0.6) is 0 Å². The number of quaternary nitrogens is 1. The van der Waals surface area contributed by atoms with E-state index in [4.69, 9.17) is 0 Å². The summed E-state index contributed by atoms with van der Waals surface area (Å²) in [5, 5.41) is 18.7. The van der Waals surface area contributed by atoms with Crippen molar-refractivity contribution in [3.05, 3.63) is 60.2 Å². The minimum Gasteiger partial charge on any atom is -0.496 e. The summed E-state index contributed by atoms with van der Waals surface area (Å²) in [5.74, 6) is 0. The first-order valence-corrected chi connectivity index (χ1v) is 5.74. The van der Waals surface area contributed by atoms with E-state index in [2.05, 4.69) is 15.3 Å². The fraction of sp³-hybridized carbons (Fsp3) is 0.0769. The van der Waals surface area contributed by atoms with Crippen LogP contribution in [0, 0.1) is 0 Å². The summed E-state index contributed by atoms with van der Waals surface area (Å²) in [6.07, 6.45) is 3.36. The smallest absolute Gasteiger partial charge is 0.297 e. The summed E-state index contributed by atoms with van der Waals surface area (Å²) in [7, 11) is 0. The zero-order valence-electron chi connectivity index (χ0n) is 9.93. The first-order valence-electron chi connectivity index (χ1n) is 5.74. The largest absolute Gasteiger partial charge is 0.496 e. The molecular formula is C13H10N4O2. The van der Waals surface area contributed by atoms with E-state index in [-0.39, 0.29) is 0 Å². The van der Waals surface area contributed by atoms with Crippen molar-refractivity contribution < 1.29 is 14.5 Å². The predicted octanol–water partition coefficient (Wildman–Crippen LogP) is 1.54. The number of hydrogen-bond acceptors (Lipinski definition) is 5. The van der Waals surface area contributed by atoms with E-state index < -0.39 is 10.7 Å². The Morgan fingerprint density at radius 1 is 1.26 bits per heavy atom. The highest BCUT2D eigenvalue weighted by Crippen LogP contribution is 2.30. The van der Waals surface area contributed by atoms with Crippen molar-refractivity contribution in [2.45, 2.75) is 6.42 Å². The fourth-order valence-corrected chi connectivity index (χ4v) is 2.09. The average Bonchev–Trinajstić information content (AvgIpc) is 2.86. The maximum absolute atomic E-state index is 11.3. The molecule has 0 saturated heterocycles. The van der Waals surface area contributed by atoms with Crippen LogP contribution in [0.15, 0.2) is 70.0 Å². The Kier molecular flexibility index (Phi) is 2.57. The quantitative estimate of drug-likeness (QED) is 0.750. The average molecular weight is 254 g/mol. The number of allylic oxidation sites excluding steroid dienone is 1. The third-order valence-corrected chi connectivity index (χ3v) is 3.04. The van der Waals surface area contributed by atoms with Crippen molar-refractivity contribution in [3.63, 3.8) is 0 Å². The summed E-state index contributed by atoms with van der Waals surface area (Å²) in [5.41, 5.74) is 2.09. The molecule has 19 heavy (non-hydrogen) atoms. The second-order valence-electron chi connectivity index (χ2n) is 4.21. The topological polar surface area (TPSA) is 77.2 Å². The van der Waals surface area contributed by atoms with Gasteiger partial charge in [0.1, 0.15) is 11.9 Å². The van der Waals surface area contributed by atoms with Gasteiger partial charge in [0.25, 0.3) is 6.09 Å². The minimum absolute atomic E-state index is 0.423. The molecule has 1 atom stereocenters. The SMILES string of the molecule is O=C([O-])[N+]12C=CN=C(Cc3ccccc3)C1=CN=N2. The van der Waals surface area contributed by atoms with Crippen molar-refractivity contribution in [2.75, 3.05) is 0 Å². The van der Waals surface area contributed by atoms with Gasteiger partial charge in [0.2, 0.25) is 5.70 Å². The molecule has 0 aromatic heterocycles. The third-order valence-electron chi connectivity index (χ3n) is 3.04. The number of carbonyl (C=O) groups excluding carboxylic acids is 1. The molecule has 2 aliphatic heterocycles. The molecule has 6 nitrogen and oxygen atoms in total. The molecule has 1 aromatic rings. The molecule has 0 radical (unpaired) electrons. The van der Waals surface area contributed by atoms with Gasteiger partial charge in [-0.25, -0.2) is 4.99 Å². The van der Waals surface area contributed by atoms with Gasteiger partial charge in [-0.1, -0.05) is 34.9 Å². The van der Waals surface area contributed by atoms with Crippen molar-refractivity contribution in [1.82, 2.24) is 0 Å². The number of fused-ring (bicyclic) bond motifs is 1. The van der Waals surface area contributed by atoms with E-state index in [9.17, 15) is 9.90 Å². The number of carboxylic acid groups (broad SMARTS) is 1. The van der Waals surface area contributed by atoms with Crippen LogP contribution in [0.2, 0.25) is 0 Å². The van der Waals surface area contributed by atoms with Gasteiger partial charge in [0.05, 0.1) is 6.20 Å². The maximum atomic E-state index is 11.3. The third kappa shape index (κ3) is 1.78. The Balaban J connectivity index is 1.95. The highest BCUT2D eigenvalue weighted by molar-refractivity contribution is 6.01.